The van der Waals surface area contributed by atoms with Crippen LogP contribution in [-0.2, 0) is 16.0 Å². The second-order valence-electron chi connectivity index (χ2n) is 5.16. The molecule has 1 amide bonds. The van der Waals surface area contributed by atoms with E-state index in [1.54, 1.807) is 0 Å². The number of hydrogen-bond acceptors (Lipinski definition) is 3. The van der Waals surface area contributed by atoms with Crippen LogP contribution in [0.5, 0.6) is 0 Å². The third-order valence-corrected chi connectivity index (χ3v) is 3.85. The molecular formula is C15H20N2O2. The number of hydrogen-bond donors (Lipinski definition) is 1. The van der Waals surface area contributed by atoms with Gasteiger partial charge in [0.1, 0.15) is 6.04 Å². The molecular weight excluding hydrogens is 240 g/mol. The fourth-order valence-corrected chi connectivity index (χ4v) is 2.83. The minimum absolute atomic E-state index is 0.147. The van der Waals surface area contributed by atoms with Crippen LogP contribution in [0.4, 0.5) is 5.69 Å². The van der Waals surface area contributed by atoms with E-state index in [2.05, 4.69) is 23.5 Å². The molecule has 4 nitrogen and oxygen atoms in total. The molecule has 1 aromatic carbocycles. The molecule has 1 N–H and O–H groups in total. The van der Waals surface area contributed by atoms with Crippen LogP contribution in [0.15, 0.2) is 24.3 Å². The summed E-state index contributed by atoms with van der Waals surface area (Å²) in [5, 5.41) is 3.25. The Balaban J connectivity index is 1.84. The topological polar surface area (TPSA) is 41.6 Å². The maximum absolute atomic E-state index is 12.7. The Morgan fingerprint density at radius 2 is 2.21 bits per heavy atom. The van der Waals surface area contributed by atoms with Gasteiger partial charge in [-0.1, -0.05) is 18.2 Å². The highest BCUT2D eigenvalue weighted by Crippen LogP contribution is 2.26. The number of fused-ring (bicyclic) bond motifs is 1. The molecule has 4 heteroatoms. The van der Waals surface area contributed by atoms with Crippen molar-refractivity contribution in [2.24, 2.45) is 0 Å². The quantitative estimate of drug-likeness (QED) is 0.828. The number of rotatable bonds is 1. The van der Waals surface area contributed by atoms with Crippen LogP contribution < -0.4 is 10.2 Å². The third-order valence-electron chi connectivity index (χ3n) is 3.85. The van der Waals surface area contributed by atoms with Gasteiger partial charge in [-0.25, -0.2) is 0 Å². The van der Waals surface area contributed by atoms with E-state index in [1.807, 2.05) is 11.0 Å². The lowest BCUT2D eigenvalue weighted by Crippen LogP contribution is -2.53. The number of benzene rings is 1. The van der Waals surface area contributed by atoms with Crippen molar-refractivity contribution >= 4 is 11.6 Å². The Labute approximate surface area is 113 Å². The van der Waals surface area contributed by atoms with E-state index in [1.165, 1.54) is 5.56 Å². The third kappa shape index (κ3) is 2.65. The molecule has 0 aromatic heterocycles. The maximum atomic E-state index is 12.7. The van der Waals surface area contributed by atoms with E-state index in [0.717, 1.165) is 38.0 Å². The van der Waals surface area contributed by atoms with Gasteiger partial charge in [-0.05, 0) is 30.9 Å². The second kappa shape index (κ2) is 5.72. The minimum atomic E-state index is -0.195. The van der Waals surface area contributed by atoms with Gasteiger partial charge >= 0.3 is 0 Å². The summed E-state index contributed by atoms with van der Waals surface area (Å²) >= 11 is 0. The van der Waals surface area contributed by atoms with Gasteiger partial charge in [0.15, 0.2) is 0 Å². The van der Waals surface area contributed by atoms with E-state index in [9.17, 15) is 4.79 Å². The van der Waals surface area contributed by atoms with Crippen molar-refractivity contribution in [3.63, 3.8) is 0 Å². The van der Waals surface area contributed by atoms with E-state index < -0.39 is 0 Å². The van der Waals surface area contributed by atoms with Crippen LogP contribution in [0.25, 0.3) is 0 Å². The molecule has 2 aliphatic rings. The summed E-state index contributed by atoms with van der Waals surface area (Å²) in [5.41, 5.74) is 2.36. The highest BCUT2D eigenvalue weighted by Gasteiger charge is 2.28. The number of anilines is 1. The Kier molecular flexibility index (Phi) is 3.80. The average Bonchev–Trinajstić information content (AvgIpc) is 2.70. The van der Waals surface area contributed by atoms with Crippen molar-refractivity contribution in [2.45, 2.75) is 25.3 Å². The Morgan fingerprint density at radius 1 is 1.32 bits per heavy atom. The van der Waals surface area contributed by atoms with Gasteiger partial charge in [0.2, 0.25) is 5.91 Å². The van der Waals surface area contributed by atoms with E-state index in [-0.39, 0.29) is 11.9 Å². The summed E-state index contributed by atoms with van der Waals surface area (Å²) in [6.45, 7) is 2.75. The number of nitrogens with zero attached hydrogens (tertiary/aromatic N) is 1. The van der Waals surface area contributed by atoms with Crippen LogP contribution in [0.2, 0.25) is 0 Å². The molecule has 3 rings (SSSR count). The van der Waals surface area contributed by atoms with Gasteiger partial charge in [0.25, 0.3) is 0 Å². The zero-order chi connectivity index (χ0) is 13.1. The first-order valence-electron chi connectivity index (χ1n) is 7.06. The molecule has 2 heterocycles. The Morgan fingerprint density at radius 3 is 3.05 bits per heavy atom. The van der Waals surface area contributed by atoms with Crippen molar-refractivity contribution in [1.82, 2.24) is 5.32 Å². The van der Waals surface area contributed by atoms with Crippen molar-refractivity contribution in [3.05, 3.63) is 29.8 Å². The van der Waals surface area contributed by atoms with Gasteiger partial charge < -0.3 is 15.0 Å². The molecule has 0 aliphatic carbocycles. The van der Waals surface area contributed by atoms with E-state index in [0.29, 0.717) is 13.2 Å². The first-order chi connectivity index (χ1) is 9.36. The number of para-hydroxylation sites is 1. The largest absolute Gasteiger partial charge is 0.378 e. The average molecular weight is 260 g/mol. The Bertz CT molecular complexity index is 455. The summed E-state index contributed by atoms with van der Waals surface area (Å²) in [6.07, 6.45) is 3.28. The molecule has 0 bridgehead atoms. The second-order valence-corrected chi connectivity index (χ2v) is 5.16. The Hall–Kier alpha value is -1.39. The van der Waals surface area contributed by atoms with Crippen molar-refractivity contribution in [1.29, 1.82) is 0 Å². The molecule has 0 saturated carbocycles. The maximum Gasteiger partial charge on any atom is 0.246 e. The SMILES string of the molecule is O=C(C1COCCN1)N1CCCCc2ccccc21. The summed E-state index contributed by atoms with van der Waals surface area (Å²) in [6, 6.07) is 8.05. The molecule has 1 atom stereocenters. The van der Waals surface area contributed by atoms with Crippen LogP contribution >= 0.6 is 0 Å². The predicted molar refractivity (Wildman–Crippen MR) is 74.3 cm³/mol. The number of carbonyl (C=O) groups is 1. The smallest absolute Gasteiger partial charge is 0.246 e. The molecule has 102 valence electrons. The van der Waals surface area contributed by atoms with Crippen LogP contribution in [-0.4, -0.2) is 38.3 Å². The lowest BCUT2D eigenvalue weighted by molar-refractivity contribution is -0.123. The first-order valence-corrected chi connectivity index (χ1v) is 7.06. The fraction of sp³-hybridized carbons (Fsp3) is 0.533. The number of aryl methyl sites for hydroxylation is 1. The molecule has 2 aliphatic heterocycles. The van der Waals surface area contributed by atoms with Crippen LogP contribution in [0, 0.1) is 0 Å². The monoisotopic (exact) mass is 260 g/mol. The number of morpholine rings is 1. The normalized spacial score (nSPS) is 23.6. The molecule has 1 saturated heterocycles. The first kappa shape index (κ1) is 12.6. The summed E-state index contributed by atoms with van der Waals surface area (Å²) in [5.74, 6) is 0.147. The minimum Gasteiger partial charge on any atom is -0.378 e. The molecule has 19 heavy (non-hydrogen) atoms. The van der Waals surface area contributed by atoms with Crippen LogP contribution in [0.3, 0.4) is 0 Å². The number of amides is 1. The number of carbonyl (C=O) groups excluding carboxylic acids is 1. The predicted octanol–water partition coefficient (Wildman–Crippen LogP) is 1.34. The molecule has 1 aromatic rings. The van der Waals surface area contributed by atoms with Crippen molar-refractivity contribution in [3.8, 4) is 0 Å². The van der Waals surface area contributed by atoms with Gasteiger partial charge in [0.05, 0.1) is 13.2 Å². The summed E-state index contributed by atoms with van der Waals surface area (Å²) in [7, 11) is 0. The van der Waals surface area contributed by atoms with E-state index >= 15 is 0 Å². The molecule has 0 radical (unpaired) electrons. The lowest BCUT2D eigenvalue weighted by Gasteiger charge is -2.30. The summed E-state index contributed by atoms with van der Waals surface area (Å²) < 4.78 is 5.40. The van der Waals surface area contributed by atoms with Gasteiger partial charge in [-0.3, -0.25) is 4.79 Å². The van der Waals surface area contributed by atoms with Crippen molar-refractivity contribution in [2.75, 3.05) is 31.2 Å². The van der Waals surface area contributed by atoms with Gasteiger partial charge in [-0.15, -0.1) is 0 Å². The number of ether oxygens (including phenoxy) is 1. The number of nitrogens with one attached hydrogen (secondary N) is 1. The van der Waals surface area contributed by atoms with Crippen LogP contribution in [0.1, 0.15) is 18.4 Å². The molecule has 1 unspecified atom stereocenters. The fourth-order valence-electron chi connectivity index (χ4n) is 2.83. The van der Waals surface area contributed by atoms with Crippen molar-refractivity contribution < 1.29 is 9.53 Å². The van der Waals surface area contributed by atoms with E-state index in [4.69, 9.17) is 4.74 Å². The highest BCUT2D eigenvalue weighted by molar-refractivity contribution is 5.98. The standard InChI is InChI=1S/C15H20N2O2/c18-15(13-11-19-10-8-16-13)17-9-4-3-6-12-5-1-2-7-14(12)17/h1-2,5,7,13,16H,3-4,6,8-11H2. The van der Waals surface area contributed by atoms with Gasteiger partial charge in [0, 0.05) is 18.8 Å². The lowest BCUT2D eigenvalue weighted by atomic mass is 10.1. The van der Waals surface area contributed by atoms with Gasteiger partial charge in [-0.2, -0.15) is 0 Å². The molecule has 1 fully saturated rings. The highest BCUT2D eigenvalue weighted by atomic mass is 16.5. The zero-order valence-electron chi connectivity index (χ0n) is 11.1. The zero-order valence-corrected chi connectivity index (χ0v) is 11.1. The summed E-state index contributed by atoms with van der Waals surface area (Å²) in [4.78, 5) is 14.6. The molecule has 0 spiro atoms.